The molecule has 1 atom stereocenters. The molecular formula is C47H88O5. The SMILES string of the molecule is CCCCC/C=C\C/C=C\CCCCCCCCCCCC(=O)OC[C@H](CO)OC(=O)CCCCCCCCCCCCCCCCCCCCC. The van der Waals surface area contributed by atoms with E-state index in [2.05, 4.69) is 38.2 Å². The van der Waals surface area contributed by atoms with Gasteiger partial charge in [0.15, 0.2) is 6.10 Å². The van der Waals surface area contributed by atoms with Crippen LogP contribution in [0.4, 0.5) is 0 Å². The number of ether oxygens (including phenoxy) is 2. The number of carbonyl (C=O) groups excluding carboxylic acids is 2. The Labute approximate surface area is 323 Å². The molecule has 0 saturated carbocycles. The van der Waals surface area contributed by atoms with Crippen molar-refractivity contribution >= 4 is 11.9 Å². The van der Waals surface area contributed by atoms with Crippen molar-refractivity contribution in [1.29, 1.82) is 0 Å². The van der Waals surface area contributed by atoms with Crippen molar-refractivity contribution in [3.8, 4) is 0 Å². The molecule has 5 nitrogen and oxygen atoms in total. The highest BCUT2D eigenvalue weighted by molar-refractivity contribution is 5.70. The molecule has 0 aliphatic rings. The van der Waals surface area contributed by atoms with Gasteiger partial charge in [-0.1, -0.05) is 212 Å². The Morgan fingerprint density at radius 3 is 1.17 bits per heavy atom. The van der Waals surface area contributed by atoms with Crippen molar-refractivity contribution in [2.45, 2.75) is 251 Å². The van der Waals surface area contributed by atoms with Crippen molar-refractivity contribution in [3.05, 3.63) is 24.3 Å². The number of unbranched alkanes of at least 4 members (excludes halogenated alkanes) is 30. The predicted molar refractivity (Wildman–Crippen MR) is 224 cm³/mol. The first-order valence-electron chi connectivity index (χ1n) is 22.9. The third-order valence-electron chi connectivity index (χ3n) is 10.2. The highest BCUT2D eigenvalue weighted by Crippen LogP contribution is 2.16. The minimum absolute atomic E-state index is 0.0633. The summed E-state index contributed by atoms with van der Waals surface area (Å²) in [4.78, 5) is 24.4. The smallest absolute Gasteiger partial charge is 0.306 e. The number of aliphatic hydroxyl groups is 1. The van der Waals surface area contributed by atoms with Crippen LogP contribution in [0.2, 0.25) is 0 Å². The molecule has 0 fully saturated rings. The Kier molecular flexibility index (Phi) is 42.4. The first-order chi connectivity index (χ1) is 25.6. The minimum Gasteiger partial charge on any atom is -0.462 e. The molecular weight excluding hydrogens is 645 g/mol. The Balaban J connectivity index is 3.49. The molecule has 0 saturated heterocycles. The van der Waals surface area contributed by atoms with Gasteiger partial charge < -0.3 is 14.6 Å². The molecule has 0 radical (unpaired) electrons. The van der Waals surface area contributed by atoms with Gasteiger partial charge in [0.05, 0.1) is 6.61 Å². The standard InChI is InChI=1S/C47H88O5/c1-3-5-7-9-11-13-15-17-19-21-23-25-27-29-31-33-35-37-39-41-46(49)51-44-45(43-48)52-47(50)42-40-38-36-34-32-30-28-26-24-22-20-18-16-14-12-10-8-6-4-2/h11,13,17,19,45,48H,3-10,12,14-16,18,20-44H2,1-2H3/b13-11-,19-17-/t45-/m0/s1. The van der Waals surface area contributed by atoms with Crippen LogP contribution in [0.3, 0.4) is 0 Å². The molecule has 0 aromatic carbocycles. The first-order valence-corrected chi connectivity index (χ1v) is 22.9. The Morgan fingerprint density at radius 2 is 0.769 bits per heavy atom. The maximum Gasteiger partial charge on any atom is 0.306 e. The minimum atomic E-state index is -0.768. The summed E-state index contributed by atoms with van der Waals surface area (Å²) in [6.45, 7) is 4.14. The van der Waals surface area contributed by atoms with E-state index in [4.69, 9.17) is 9.47 Å². The molecule has 0 aliphatic carbocycles. The number of allylic oxidation sites excluding steroid dienone is 4. The number of esters is 2. The van der Waals surface area contributed by atoms with Gasteiger partial charge in [-0.15, -0.1) is 0 Å². The van der Waals surface area contributed by atoms with Crippen molar-refractivity contribution < 1.29 is 24.2 Å². The van der Waals surface area contributed by atoms with Crippen LogP contribution in [0, 0.1) is 0 Å². The summed E-state index contributed by atoms with van der Waals surface area (Å²) < 4.78 is 10.7. The maximum atomic E-state index is 12.2. The lowest BCUT2D eigenvalue weighted by atomic mass is 10.0. The van der Waals surface area contributed by atoms with Gasteiger partial charge >= 0.3 is 11.9 Å². The van der Waals surface area contributed by atoms with Gasteiger partial charge in [0.2, 0.25) is 0 Å². The molecule has 52 heavy (non-hydrogen) atoms. The van der Waals surface area contributed by atoms with Crippen LogP contribution in [0.25, 0.3) is 0 Å². The first kappa shape index (κ1) is 50.4. The summed E-state index contributed by atoms with van der Waals surface area (Å²) in [5, 5.41) is 9.59. The zero-order valence-corrected chi connectivity index (χ0v) is 34.8. The highest BCUT2D eigenvalue weighted by Gasteiger charge is 2.16. The molecule has 306 valence electrons. The second kappa shape index (κ2) is 43.8. The van der Waals surface area contributed by atoms with E-state index >= 15 is 0 Å². The van der Waals surface area contributed by atoms with Crippen LogP contribution in [0.15, 0.2) is 24.3 Å². The normalized spacial score (nSPS) is 12.3. The van der Waals surface area contributed by atoms with Crippen LogP contribution in [-0.4, -0.2) is 36.4 Å². The van der Waals surface area contributed by atoms with E-state index in [9.17, 15) is 14.7 Å². The van der Waals surface area contributed by atoms with Crippen molar-refractivity contribution in [3.63, 3.8) is 0 Å². The van der Waals surface area contributed by atoms with Crippen molar-refractivity contribution in [2.75, 3.05) is 13.2 Å². The zero-order chi connectivity index (χ0) is 37.8. The number of carbonyl (C=O) groups is 2. The van der Waals surface area contributed by atoms with E-state index in [1.165, 1.54) is 173 Å². The van der Waals surface area contributed by atoms with Crippen LogP contribution >= 0.6 is 0 Å². The Morgan fingerprint density at radius 1 is 0.442 bits per heavy atom. The van der Waals surface area contributed by atoms with E-state index in [0.29, 0.717) is 12.8 Å². The van der Waals surface area contributed by atoms with E-state index in [1.54, 1.807) is 0 Å². The fourth-order valence-electron chi connectivity index (χ4n) is 6.76. The summed E-state index contributed by atoms with van der Waals surface area (Å²) in [5.74, 6) is -0.583. The van der Waals surface area contributed by atoms with Gasteiger partial charge in [0, 0.05) is 12.8 Å². The monoisotopic (exact) mass is 733 g/mol. The number of aliphatic hydroxyl groups excluding tert-OH is 1. The van der Waals surface area contributed by atoms with E-state index < -0.39 is 6.10 Å². The topological polar surface area (TPSA) is 72.8 Å². The molecule has 0 bridgehead atoms. The van der Waals surface area contributed by atoms with Crippen molar-refractivity contribution in [2.24, 2.45) is 0 Å². The third-order valence-corrected chi connectivity index (χ3v) is 10.2. The summed E-state index contributed by atoms with van der Waals surface area (Å²) >= 11 is 0. The van der Waals surface area contributed by atoms with E-state index in [0.717, 1.165) is 44.9 Å². The predicted octanol–water partition coefficient (Wildman–Crippen LogP) is 14.6. The average Bonchev–Trinajstić information content (AvgIpc) is 3.15. The van der Waals surface area contributed by atoms with Gasteiger partial charge in [-0.3, -0.25) is 9.59 Å². The lowest BCUT2D eigenvalue weighted by molar-refractivity contribution is -0.161. The molecule has 0 rings (SSSR count). The second-order valence-corrected chi connectivity index (χ2v) is 15.5. The largest absolute Gasteiger partial charge is 0.462 e. The molecule has 0 heterocycles. The molecule has 0 unspecified atom stereocenters. The number of hydrogen-bond acceptors (Lipinski definition) is 5. The lowest BCUT2D eigenvalue weighted by Gasteiger charge is -2.15. The Hall–Kier alpha value is -1.62. The molecule has 0 amide bonds. The molecule has 0 aliphatic heterocycles. The van der Waals surface area contributed by atoms with Gasteiger partial charge in [-0.2, -0.15) is 0 Å². The third kappa shape index (κ3) is 41.1. The average molecular weight is 733 g/mol. The highest BCUT2D eigenvalue weighted by atomic mass is 16.6. The fraction of sp³-hybridized carbons (Fsp3) is 0.872. The van der Waals surface area contributed by atoms with Crippen LogP contribution in [0.1, 0.15) is 245 Å². The van der Waals surface area contributed by atoms with Gasteiger partial charge in [-0.25, -0.2) is 0 Å². The number of hydrogen-bond donors (Lipinski definition) is 1. The van der Waals surface area contributed by atoms with Gasteiger partial charge in [0.25, 0.3) is 0 Å². The molecule has 5 heteroatoms. The van der Waals surface area contributed by atoms with Crippen LogP contribution < -0.4 is 0 Å². The van der Waals surface area contributed by atoms with Crippen LogP contribution in [0.5, 0.6) is 0 Å². The Bertz CT molecular complexity index is 791. The summed E-state index contributed by atoms with van der Waals surface area (Å²) in [5.41, 5.74) is 0. The maximum absolute atomic E-state index is 12.2. The van der Waals surface area contributed by atoms with E-state index in [-0.39, 0.29) is 25.2 Å². The molecule has 0 spiro atoms. The second-order valence-electron chi connectivity index (χ2n) is 15.5. The number of rotatable bonds is 42. The molecule has 0 aromatic heterocycles. The molecule has 0 aromatic rings. The fourth-order valence-corrected chi connectivity index (χ4v) is 6.76. The quantitative estimate of drug-likeness (QED) is 0.0384. The summed E-state index contributed by atoms with van der Waals surface area (Å²) in [6.07, 6.45) is 52.5. The van der Waals surface area contributed by atoms with Gasteiger partial charge in [-0.05, 0) is 44.9 Å². The van der Waals surface area contributed by atoms with E-state index in [1.807, 2.05) is 0 Å². The van der Waals surface area contributed by atoms with Crippen LogP contribution in [-0.2, 0) is 19.1 Å². The summed E-state index contributed by atoms with van der Waals surface area (Å²) in [6, 6.07) is 0. The van der Waals surface area contributed by atoms with Gasteiger partial charge in [0.1, 0.15) is 6.61 Å². The zero-order valence-electron chi connectivity index (χ0n) is 34.8. The molecule has 1 N–H and O–H groups in total. The lowest BCUT2D eigenvalue weighted by Crippen LogP contribution is -2.28. The summed E-state index contributed by atoms with van der Waals surface area (Å²) in [7, 11) is 0. The van der Waals surface area contributed by atoms with Crippen molar-refractivity contribution in [1.82, 2.24) is 0 Å².